The van der Waals surface area contributed by atoms with Gasteiger partial charge in [0.05, 0.1) is 17.4 Å². The fourth-order valence-corrected chi connectivity index (χ4v) is 4.43. The van der Waals surface area contributed by atoms with E-state index in [-0.39, 0.29) is 11.9 Å². The molecule has 2 aromatic rings. The largest absolute Gasteiger partial charge is 0.364 e. The van der Waals surface area contributed by atoms with Gasteiger partial charge >= 0.3 is 0 Å². The number of piperazine rings is 1. The highest BCUT2D eigenvalue weighted by Gasteiger charge is 2.32. The van der Waals surface area contributed by atoms with Crippen LogP contribution in [0.3, 0.4) is 0 Å². The molecule has 154 valence electrons. The van der Waals surface area contributed by atoms with Crippen LogP contribution in [-0.2, 0) is 11.3 Å². The summed E-state index contributed by atoms with van der Waals surface area (Å²) in [5.41, 5.74) is 3.20. The second-order valence-electron chi connectivity index (χ2n) is 8.01. The van der Waals surface area contributed by atoms with Crippen LogP contribution >= 0.6 is 11.6 Å². The summed E-state index contributed by atoms with van der Waals surface area (Å²) in [5, 5.41) is 0.784. The Morgan fingerprint density at radius 2 is 1.59 bits per heavy atom. The third-order valence-electron chi connectivity index (χ3n) is 6.13. The molecule has 0 N–H and O–H groups in total. The lowest BCUT2D eigenvalue weighted by Crippen LogP contribution is -2.55. The zero-order valence-corrected chi connectivity index (χ0v) is 18.0. The van der Waals surface area contributed by atoms with Crippen LogP contribution in [-0.4, -0.2) is 68.1 Å². The van der Waals surface area contributed by atoms with Crippen molar-refractivity contribution in [3.8, 4) is 0 Å². The molecule has 29 heavy (non-hydrogen) atoms. The van der Waals surface area contributed by atoms with Crippen molar-refractivity contribution in [2.45, 2.75) is 19.5 Å². The van der Waals surface area contributed by atoms with Gasteiger partial charge in [-0.15, -0.1) is 0 Å². The van der Waals surface area contributed by atoms with Crippen LogP contribution in [0.2, 0.25) is 5.02 Å². The van der Waals surface area contributed by atoms with Gasteiger partial charge in [0.25, 0.3) is 0 Å². The molecule has 4 rings (SSSR count). The maximum atomic E-state index is 13.4. The average molecular weight is 413 g/mol. The number of halogens is 1. The molecule has 0 saturated carbocycles. The lowest BCUT2D eigenvalue weighted by molar-refractivity contribution is -0.123. The third-order valence-corrected chi connectivity index (χ3v) is 6.50. The van der Waals surface area contributed by atoms with Crippen LogP contribution in [0, 0.1) is 0 Å². The van der Waals surface area contributed by atoms with Crippen LogP contribution in [0.1, 0.15) is 12.5 Å². The molecule has 1 atom stereocenters. The summed E-state index contributed by atoms with van der Waals surface area (Å²) in [6, 6.07) is 16.1. The lowest BCUT2D eigenvalue weighted by Gasteiger charge is -2.41. The minimum Gasteiger partial charge on any atom is -0.364 e. The van der Waals surface area contributed by atoms with Crippen molar-refractivity contribution in [3.05, 3.63) is 59.1 Å². The van der Waals surface area contributed by atoms with E-state index in [4.69, 9.17) is 11.6 Å². The summed E-state index contributed by atoms with van der Waals surface area (Å²) in [7, 11) is 2.14. The van der Waals surface area contributed by atoms with E-state index in [1.165, 1.54) is 0 Å². The van der Waals surface area contributed by atoms with Crippen molar-refractivity contribution in [2.75, 3.05) is 56.1 Å². The smallest absolute Gasteiger partial charge is 0.244 e. The molecule has 1 unspecified atom stereocenters. The van der Waals surface area contributed by atoms with Gasteiger partial charge in [-0.25, -0.2) is 0 Å². The minimum atomic E-state index is -0.105. The highest BCUT2D eigenvalue weighted by molar-refractivity contribution is 6.31. The van der Waals surface area contributed by atoms with Crippen molar-refractivity contribution in [3.63, 3.8) is 0 Å². The fourth-order valence-electron chi connectivity index (χ4n) is 4.24. The first-order valence-corrected chi connectivity index (χ1v) is 10.7. The molecule has 0 radical (unpaired) electrons. The van der Waals surface area contributed by atoms with Crippen LogP contribution in [0.5, 0.6) is 0 Å². The van der Waals surface area contributed by atoms with Crippen molar-refractivity contribution in [1.29, 1.82) is 0 Å². The predicted molar refractivity (Wildman–Crippen MR) is 120 cm³/mol. The number of benzene rings is 2. The normalized spacial score (nSPS) is 19.1. The molecule has 2 aromatic carbocycles. The Morgan fingerprint density at radius 3 is 2.31 bits per heavy atom. The molecule has 6 heteroatoms. The summed E-state index contributed by atoms with van der Waals surface area (Å²) in [5.74, 6) is 0.194. The van der Waals surface area contributed by atoms with Crippen molar-refractivity contribution >= 4 is 28.9 Å². The Balaban J connectivity index is 1.53. The minimum absolute atomic E-state index is 0.105. The van der Waals surface area contributed by atoms with Crippen LogP contribution < -0.4 is 9.80 Å². The maximum absolute atomic E-state index is 13.4. The monoisotopic (exact) mass is 412 g/mol. The molecule has 0 spiro atoms. The summed E-state index contributed by atoms with van der Waals surface area (Å²) in [6.07, 6.45) is 0. The highest BCUT2D eigenvalue weighted by Crippen LogP contribution is 2.35. The fraction of sp³-hybridized carbons (Fsp3) is 0.435. The molecular weight excluding hydrogens is 384 g/mol. The summed E-state index contributed by atoms with van der Waals surface area (Å²) < 4.78 is 0. The molecule has 1 saturated heterocycles. The Bertz CT molecular complexity index is 865. The highest BCUT2D eigenvalue weighted by atomic mass is 35.5. The number of nitrogens with zero attached hydrogens (tertiary/aromatic N) is 4. The number of amides is 1. The van der Waals surface area contributed by atoms with E-state index in [9.17, 15) is 4.79 Å². The van der Waals surface area contributed by atoms with Gasteiger partial charge in [-0.05, 0) is 37.7 Å². The number of anilines is 2. The van der Waals surface area contributed by atoms with Gasteiger partial charge in [0.15, 0.2) is 0 Å². The van der Waals surface area contributed by atoms with Gasteiger partial charge in [-0.3, -0.25) is 9.69 Å². The molecule has 2 heterocycles. The van der Waals surface area contributed by atoms with Gasteiger partial charge in [0.1, 0.15) is 0 Å². The molecule has 1 amide bonds. The molecule has 2 aliphatic rings. The molecule has 0 aliphatic carbocycles. The molecule has 0 aromatic heterocycles. The molecule has 1 fully saturated rings. The maximum Gasteiger partial charge on any atom is 0.244 e. The standard InChI is InChI=1S/C23H29ClN4O/c1-18(26-13-11-25(2)12-14-26)23(29)28-16-15-27(21-9-5-6-10-22(21)28)17-19-7-3-4-8-20(19)24/h3-10,18H,11-17H2,1-2H3. The summed E-state index contributed by atoms with van der Waals surface area (Å²) in [6.45, 7) is 8.19. The van der Waals surface area contributed by atoms with Gasteiger partial charge in [-0.1, -0.05) is 41.9 Å². The van der Waals surface area contributed by atoms with Crippen LogP contribution in [0.25, 0.3) is 0 Å². The van der Waals surface area contributed by atoms with Crippen molar-refractivity contribution in [2.24, 2.45) is 0 Å². The average Bonchev–Trinajstić information content (AvgIpc) is 2.75. The number of hydrogen-bond acceptors (Lipinski definition) is 4. The second kappa shape index (κ2) is 8.74. The van der Waals surface area contributed by atoms with Crippen molar-refractivity contribution in [1.82, 2.24) is 9.80 Å². The van der Waals surface area contributed by atoms with Gasteiger partial charge in [0, 0.05) is 50.8 Å². The predicted octanol–water partition coefficient (Wildman–Crippen LogP) is 3.33. The van der Waals surface area contributed by atoms with Crippen LogP contribution in [0.15, 0.2) is 48.5 Å². The van der Waals surface area contributed by atoms with E-state index in [2.05, 4.69) is 39.9 Å². The van der Waals surface area contributed by atoms with Gasteiger partial charge in [-0.2, -0.15) is 0 Å². The summed E-state index contributed by atoms with van der Waals surface area (Å²) in [4.78, 5) is 22.3. The van der Waals surface area contributed by atoms with E-state index >= 15 is 0 Å². The van der Waals surface area contributed by atoms with E-state index in [0.717, 1.165) is 61.2 Å². The first-order chi connectivity index (χ1) is 14.0. The van der Waals surface area contributed by atoms with E-state index in [1.54, 1.807) is 0 Å². The van der Waals surface area contributed by atoms with E-state index in [1.807, 2.05) is 42.2 Å². The van der Waals surface area contributed by atoms with Crippen molar-refractivity contribution < 1.29 is 4.79 Å². The number of fused-ring (bicyclic) bond motifs is 1. The SMILES string of the molecule is CC(C(=O)N1CCN(Cc2ccccc2Cl)c2ccccc21)N1CCN(C)CC1. The number of carbonyl (C=O) groups excluding carboxylic acids is 1. The van der Waals surface area contributed by atoms with E-state index < -0.39 is 0 Å². The quantitative estimate of drug-likeness (QED) is 0.770. The number of carbonyl (C=O) groups is 1. The first kappa shape index (κ1) is 20.2. The second-order valence-corrected chi connectivity index (χ2v) is 8.41. The van der Waals surface area contributed by atoms with Gasteiger partial charge in [0.2, 0.25) is 5.91 Å². The Morgan fingerprint density at radius 1 is 0.931 bits per heavy atom. The Labute approximate surface area is 178 Å². The molecule has 2 aliphatic heterocycles. The van der Waals surface area contributed by atoms with Crippen LogP contribution in [0.4, 0.5) is 11.4 Å². The molecule has 0 bridgehead atoms. The number of hydrogen-bond donors (Lipinski definition) is 0. The Kier molecular flexibility index (Phi) is 6.09. The number of likely N-dealkylation sites (N-methyl/N-ethyl adjacent to an activating group) is 1. The zero-order valence-electron chi connectivity index (χ0n) is 17.2. The summed E-state index contributed by atoms with van der Waals surface area (Å²) >= 11 is 6.39. The lowest BCUT2D eigenvalue weighted by atomic mass is 10.1. The third kappa shape index (κ3) is 4.27. The topological polar surface area (TPSA) is 30.0 Å². The molecule has 5 nitrogen and oxygen atoms in total. The first-order valence-electron chi connectivity index (χ1n) is 10.4. The Hall–Kier alpha value is -2.08. The molecular formula is C23H29ClN4O. The number of rotatable bonds is 4. The number of para-hydroxylation sites is 2. The van der Waals surface area contributed by atoms with Gasteiger partial charge < -0.3 is 14.7 Å². The zero-order chi connectivity index (χ0) is 20.4. The van der Waals surface area contributed by atoms with E-state index in [0.29, 0.717) is 6.54 Å².